The average molecular weight is 254 g/mol. The van der Waals surface area contributed by atoms with Gasteiger partial charge in [0.25, 0.3) is 5.92 Å². The van der Waals surface area contributed by atoms with Crippen LogP contribution in [0.15, 0.2) is 0 Å². The number of hydrogen-bond donors (Lipinski definition) is 2. The minimum atomic E-state index is -3.00. The summed E-state index contributed by atoms with van der Waals surface area (Å²) in [5.41, 5.74) is 4.84. The largest absolute Gasteiger partial charge is 0.350 e. The summed E-state index contributed by atoms with van der Waals surface area (Å²) >= 11 is 1.67. The van der Waals surface area contributed by atoms with Gasteiger partial charge in [0.15, 0.2) is 0 Å². The summed E-state index contributed by atoms with van der Waals surface area (Å²) in [4.78, 5) is 11.1. The van der Waals surface area contributed by atoms with E-state index in [-0.39, 0.29) is 12.3 Å². The first kappa shape index (κ1) is 15.6. The van der Waals surface area contributed by atoms with Crippen LogP contribution in [0.25, 0.3) is 0 Å². The molecule has 0 aliphatic rings. The summed E-state index contributed by atoms with van der Waals surface area (Å²) in [7, 11) is 0. The second kappa shape index (κ2) is 8.75. The predicted molar refractivity (Wildman–Crippen MR) is 63.9 cm³/mol. The molecule has 0 unspecified atom stereocenters. The van der Waals surface area contributed by atoms with Crippen LogP contribution in [-0.4, -0.2) is 36.4 Å². The molecule has 0 saturated heterocycles. The van der Waals surface area contributed by atoms with Crippen LogP contribution in [0.5, 0.6) is 0 Å². The van der Waals surface area contributed by atoms with Gasteiger partial charge in [0.2, 0.25) is 5.91 Å². The fourth-order valence-electron chi connectivity index (χ4n) is 0.902. The van der Waals surface area contributed by atoms with Crippen molar-refractivity contribution in [3.05, 3.63) is 0 Å². The van der Waals surface area contributed by atoms with Crippen LogP contribution in [0.4, 0.5) is 8.78 Å². The van der Waals surface area contributed by atoms with Crippen molar-refractivity contribution in [1.82, 2.24) is 5.32 Å². The molecule has 1 amide bonds. The normalized spacial score (nSPS) is 11.5. The summed E-state index contributed by atoms with van der Waals surface area (Å²) in [5.74, 6) is -1.63. The van der Waals surface area contributed by atoms with Crippen LogP contribution in [0, 0.1) is 0 Å². The van der Waals surface area contributed by atoms with Crippen LogP contribution in [0.1, 0.15) is 26.2 Å². The van der Waals surface area contributed by atoms with Crippen LogP contribution < -0.4 is 11.1 Å². The van der Waals surface area contributed by atoms with Gasteiger partial charge in [0.1, 0.15) is 0 Å². The molecule has 0 saturated carbocycles. The van der Waals surface area contributed by atoms with E-state index >= 15 is 0 Å². The Kier molecular flexibility index (Phi) is 8.56. The van der Waals surface area contributed by atoms with Crippen LogP contribution >= 0.6 is 11.8 Å². The Bertz CT molecular complexity index is 203. The second-order valence-electron chi connectivity index (χ2n) is 3.55. The second-order valence-corrected chi connectivity index (χ2v) is 4.78. The highest BCUT2D eigenvalue weighted by Gasteiger charge is 2.26. The number of nitrogens with two attached hydrogens (primary N) is 1. The number of nitrogens with one attached hydrogen (secondary N) is 1. The quantitative estimate of drug-likeness (QED) is 0.615. The number of amides is 1. The highest BCUT2D eigenvalue weighted by atomic mass is 32.2. The summed E-state index contributed by atoms with van der Waals surface area (Å²) in [6.07, 6.45) is 2.54. The molecule has 0 aromatic heterocycles. The van der Waals surface area contributed by atoms with E-state index in [9.17, 15) is 13.6 Å². The van der Waals surface area contributed by atoms with Crippen molar-refractivity contribution < 1.29 is 13.6 Å². The molecule has 0 rings (SSSR count). The van der Waals surface area contributed by atoms with E-state index in [1.54, 1.807) is 11.8 Å². The molecule has 96 valence electrons. The standard InChI is InChI=1S/C10H20F2N2OS/c1-2-3-5-16-6-4-9(15)14-8-10(11,12)7-13/h2-8,13H2,1H3,(H,14,15). The molecule has 0 aromatic carbocycles. The summed E-state index contributed by atoms with van der Waals surface area (Å²) in [6.45, 7) is 0.697. The Labute approximate surface area is 99.5 Å². The number of carbonyl (C=O) groups is 1. The predicted octanol–water partition coefficient (Wildman–Crippen LogP) is 1.62. The Morgan fingerprint density at radius 1 is 1.44 bits per heavy atom. The lowest BCUT2D eigenvalue weighted by Crippen LogP contribution is -2.41. The number of hydrogen-bond acceptors (Lipinski definition) is 3. The van der Waals surface area contributed by atoms with Crippen molar-refractivity contribution in [1.29, 1.82) is 0 Å². The molecule has 3 N–H and O–H groups in total. The SMILES string of the molecule is CCCCSCCC(=O)NCC(F)(F)CN. The molecule has 6 heteroatoms. The smallest absolute Gasteiger partial charge is 0.277 e. The van der Waals surface area contributed by atoms with E-state index in [2.05, 4.69) is 12.2 Å². The molecule has 0 aromatic rings. The highest BCUT2D eigenvalue weighted by Crippen LogP contribution is 2.09. The molecular formula is C10H20F2N2OS. The molecular weight excluding hydrogens is 234 g/mol. The molecule has 0 heterocycles. The van der Waals surface area contributed by atoms with Gasteiger partial charge in [0.05, 0.1) is 13.1 Å². The van der Waals surface area contributed by atoms with Gasteiger partial charge < -0.3 is 11.1 Å². The lowest BCUT2D eigenvalue weighted by atomic mass is 10.3. The van der Waals surface area contributed by atoms with Crippen molar-refractivity contribution in [2.45, 2.75) is 32.1 Å². The van der Waals surface area contributed by atoms with Crippen molar-refractivity contribution in [3.8, 4) is 0 Å². The van der Waals surface area contributed by atoms with E-state index in [0.717, 1.165) is 18.6 Å². The number of rotatable bonds is 9. The van der Waals surface area contributed by atoms with Crippen molar-refractivity contribution >= 4 is 17.7 Å². The summed E-state index contributed by atoms with van der Waals surface area (Å²) < 4.78 is 25.3. The fraction of sp³-hybridized carbons (Fsp3) is 0.900. The number of carbonyl (C=O) groups excluding carboxylic acids is 1. The van der Waals surface area contributed by atoms with Crippen molar-refractivity contribution in [2.75, 3.05) is 24.6 Å². The third kappa shape index (κ3) is 8.91. The molecule has 0 bridgehead atoms. The zero-order valence-corrected chi connectivity index (χ0v) is 10.4. The lowest BCUT2D eigenvalue weighted by molar-refractivity contribution is -0.122. The van der Waals surface area contributed by atoms with Gasteiger partial charge in [-0.05, 0) is 12.2 Å². The monoisotopic (exact) mass is 254 g/mol. The van der Waals surface area contributed by atoms with Crippen LogP contribution in [-0.2, 0) is 4.79 Å². The van der Waals surface area contributed by atoms with Crippen molar-refractivity contribution in [3.63, 3.8) is 0 Å². The van der Waals surface area contributed by atoms with Gasteiger partial charge in [-0.1, -0.05) is 13.3 Å². The molecule has 16 heavy (non-hydrogen) atoms. The number of thioether (sulfide) groups is 1. The van der Waals surface area contributed by atoms with Gasteiger partial charge >= 0.3 is 0 Å². The summed E-state index contributed by atoms with van der Waals surface area (Å²) in [5, 5.41) is 2.18. The molecule has 0 spiro atoms. The van der Waals surface area contributed by atoms with Gasteiger partial charge in [-0.3, -0.25) is 4.79 Å². The third-order valence-corrected chi connectivity index (χ3v) is 3.03. The fourth-order valence-corrected chi connectivity index (χ4v) is 1.93. The third-order valence-electron chi connectivity index (χ3n) is 1.96. The number of halogens is 2. The van der Waals surface area contributed by atoms with E-state index < -0.39 is 19.0 Å². The zero-order valence-electron chi connectivity index (χ0n) is 9.60. The first-order valence-corrected chi connectivity index (χ1v) is 6.59. The van der Waals surface area contributed by atoms with Crippen molar-refractivity contribution in [2.24, 2.45) is 5.73 Å². The van der Waals surface area contributed by atoms with E-state index in [1.807, 2.05) is 0 Å². The minimum absolute atomic E-state index is 0.287. The molecule has 0 aliphatic heterocycles. The highest BCUT2D eigenvalue weighted by molar-refractivity contribution is 7.99. The maximum absolute atomic E-state index is 12.7. The van der Waals surface area contributed by atoms with Gasteiger partial charge in [-0.25, -0.2) is 8.78 Å². The maximum Gasteiger partial charge on any atom is 0.277 e. The molecule has 3 nitrogen and oxygen atoms in total. The molecule has 0 atom stereocenters. The Morgan fingerprint density at radius 3 is 2.69 bits per heavy atom. The van der Waals surface area contributed by atoms with Gasteiger partial charge in [-0.2, -0.15) is 11.8 Å². The summed E-state index contributed by atoms with van der Waals surface area (Å²) in [6, 6.07) is 0. The van der Waals surface area contributed by atoms with Crippen LogP contribution in [0.2, 0.25) is 0 Å². The van der Waals surface area contributed by atoms with Gasteiger partial charge in [-0.15, -0.1) is 0 Å². The first-order chi connectivity index (χ1) is 7.52. The van der Waals surface area contributed by atoms with Gasteiger partial charge in [0, 0.05) is 12.2 Å². The zero-order chi connectivity index (χ0) is 12.4. The molecule has 0 aliphatic carbocycles. The molecule has 0 fully saturated rings. The Morgan fingerprint density at radius 2 is 2.12 bits per heavy atom. The van der Waals surface area contributed by atoms with E-state index in [0.29, 0.717) is 5.75 Å². The minimum Gasteiger partial charge on any atom is -0.350 e. The Hall–Kier alpha value is -0.360. The van der Waals surface area contributed by atoms with E-state index in [1.165, 1.54) is 0 Å². The van der Waals surface area contributed by atoms with E-state index in [4.69, 9.17) is 5.73 Å². The van der Waals surface area contributed by atoms with Crippen LogP contribution in [0.3, 0.4) is 0 Å². The average Bonchev–Trinajstić information content (AvgIpc) is 2.26. The lowest BCUT2D eigenvalue weighted by Gasteiger charge is -2.14. The molecule has 0 radical (unpaired) electrons. The maximum atomic E-state index is 12.7. The topological polar surface area (TPSA) is 55.1 Å². The first-order valence-electron chi connectivity index (χ1n) is 5.44. The Balaban J connectivity index is 3.45. The number of alkyl halides is 2. The number of unbranched alkanes of at least 4 members (excludes halogenated alkanes) is 1.